The molecule has 1 atom stereocenters. The average molecular weight is 246 g/mol. The molecule has 0 spiro atoms. The maximum atomic E-state index is 4.19. The van der Waals surface area contributed by atoms with E-state index >= 15 is 0 Å². The lowest BCUT2D eigenvalue weighted by molar-refractivity contribution is 0.429. The highest BCUT2D eigenvalue weighted by molar-refractivity contribution is 7.99. The monoisotopic (exact) mass is 245 g/mol. The summed E-state index contributed by atoms with van der Waals surface area (Å²) in [5.74, 6) is 1.09. The Kier molecular flexibility index (Phi) is 5.98. The van der Waals surface area contributed by atoms with Crippen molar-refractivity contribution >= 4 is 24.2 Å². The third-order valence-corrected chi connectivity index (χ3v) is 3.41. The zero-order valence-corrected chi connectivity index (χ0v) is 10.2. The minimum absolute atomic E-state index is 0. The van der Waals surface area contributed by atoms with Gasteiger partial charge in [0.1, 0.15) is 0 Å². The average Bonchev–Trinajstić information content (AvgIpc) is 2.29. The van der Waals surface area contributed by atoms with Crippen molar-refractivity contribution in [3.63, 3.8) is 0 Å². The number of nitrogens with one attached hydrogen (secondary N) is 1. The zero-order valence-electron chi connectivity index (χ0n) is 8.56. The van der Waals surface area contributed by atoms with Crippen molar-refractivity contribution < 1.29 is 0 Å². The van der Waals surface area contributed by atoms with E-state index in [9.17, 15) is 0 Å². The van der Waals surface area contributed by atoms with Crippen molar-refractivity contribution in [2.75, 3.05) is 12.3 Å². The third kappa shape index (κ3) is 4.36. The number of hydrogen-bond donors (Lipinski definition) is 1. The fraction of sp³-hybridized carbons (Fsp3) is 0.600. The molecule has 0 amide bonds. The number of halogens is 1. The predicted molar refractivity (Wildman–Crippen MR) is 65.6 cm³/mol. The molecule has 0 radical (unpaired) electrons. The molecule has 3 nitrogen and oxygen atoms in total. The Morgan fingerprint density at radius 2 is 2.13 bits per heavy atom. The number of thioether (sulfide) groups is 1. The number of nitrogens with zero attached hydrogens (tertiary/aromatic N) is 2. The minimum atomic E-state index is 0. The molecular formula is C10H16ClN3S. The second-order valence-corrected chi connectivity index (χ2v) is 4.48. The molecule has 0 saturated carbocycles. The molecule has 1 aliphatic rings. The largest absolute Gasteiger partial charge is 0.313 e. The SMILES string of the molecule is Cl.c1cnc(SCC2CCCCN2)nc1. The molecule has 0 aliphatic carbocycles. The second-order valence-electron chi connectivity index (χ2n) is 3.49. The van der Waals surface area contributed by atoms with Crippen LogP contribution in [0.5, 0.6) is 0 Å². The van der Waals surface area contributed by atoms with Crippen LogP contribution in [-0.4, -0.2) is 28.3 Å². The van der Waals surface area contributed by atoms with E-state index in [-0.39, 0.29) is 12.4 Å². The quantitative estimate of drug-likeness (QED) is 0.654. The summed E-state index contributed by atoms with van der Waals surface area (Å²) < 4.78 is 0. The lowest BCUT2D eigenvalue weighted by atomic mass is 10.1. The highest BCUT2D eigenvalue weighted by Gasteiger charge is 2.12. The number of hydrogen-bond acceptors (Lipinski definition) is 4. The summed E-state index contributed by atoms with van der Waals surface area (Å²) in [5, 5.41) is 4.40. The number of aromatic nitrogens is 2. The first kappa shape index (κ1) is 12.7. The first-order valence-corrected chi connectivity index (χ1v) is 6.07. The van der Waals surface area contributed by atoms with Gasteiger partial charge in [-0.3, -0.25) is 0 Å². The van der Waals surface area contributed by atoms with E-state index in [1.54, 1.807) is 24.2 Å². The van der Waals surface area contributed by atoms with Gasteiger partial charge >= 0.3 is 0 Å². The van der Waals surface area contributed by atoms with Crippen LogP contribution in [0.15, 0.2) is 23.6 Å². The molecule has 2 heterocycles. The Morgan fingerprint density at radius 3 is 2.80 bits per heavy atom. The molecule has 15 heavy (non-hydrogen) atoms. The van der Waals surface area contributed by atoms with E-state index < -0.39 is 0 Å². The van der Waals surface area contributed by atoms with E-state index in [4.69, 9.17) is 0 Å². The van der Waals surface area contributed by atoms with Crippen molar-refractivity contribution in [3.05, 3.63) is 18.5 Å². The van der Waals surface area contributed by atoms with Gasteiger partial charge in [-0.1, -0.05) is 18.2 Å². The van der Waals surface area contributed by atoms with Crippen molar-refractivity contribution in [3.8, 4) is 0 Å². The molecule has 1 unspecified atom stereocenters. The Hall–Kier alpha value is -0.320. The first-order chi connectivity index (χ1) is 6.95. The lowest BCUT2D eigenvalue weighted by Crippen LogP contribution is -2.35. The van der Waals surface area contributed by atoms with Gasteiger partial charge in [-0.2, -0.15) is 0 Å². The van der Waals surface area contributed by atoms with Gasteiger partial charge in [0.2, 0.25) is 0 Å². The molecule has 1 aliphatic heterocycles. The Bertz CT molecular complexity index is 265. The molecule has 1 N–H and O–H groups in total. The number of piperidine rings is 1. The van der Waals surface area contributed by atoms with Crippen LogP contribution in [0.25, 0.3) is 0 Å². The van der Waals surface area contributed by atoms with E-state index in [0.717, 1.165) is 10.9 Å². The van der Waals surface area contributed by atoms with Gasteiger partial charge in [0.05, 0.1) is 0 Å². The number of rotatable bonds is 3. The van der Waals surface area contributed by atoms with Crippen molar-refractivity contribution in [2.24, 2.45) is 0 Å². The summed E-state index contributed by atoms with van der Waals surface area (Å²) in [6.07, 6.45) is 7.56. The normalized spacial score (nSPS) is 20.7. The summed E-state index contributed by atoms with van der Waals surface area (Å²) in [5.41, 5.74) is 0. The molecule has 5 heteroatoms. The molecule has 1 fully saturated rings. The highest BCUT2D eigenvalue weighted by atomic mass is 35.5. The Labute approximate surface area is 101 Å². The summed E-state index contributed by atoms with van der Waals surface area (Å²) in [4.78, 5) is 8.37. The van der Waals surface area contributed by atoms with Crippen LogP contribution in [0.3, 0.4) is 0 Å². The van der Waals surface area contributed by atoms with Crippen LogP contribution in [0, 0.1) is 0 Å². The topological polar surface area (TPSA) is 37.8 Å². The summed E-state index contributed by atoms with van der Waals surface area (Å²) in [7, 11) is 0. The van der Waals surface area contributed by atoms with Crippen LogP contribution in [-0.2, 0) is 0 Å². The van der Waals surface area contributed by atoms with Crippen molar-refractivity contribution in [2.45, 2.75) is 30.5 Å². The third-order valence-electron chi connectivity index (χ3n) is 2.37. The van der Waals surface area contributed by atoms with Gasteiger partial charge in [-0.15, -0.1) is 12.4 Å². The Morgan fingerprint density at radius 1 is 1.33 bits per heavy atom. The maximum absolute atomic E-state index is 4.19. The Balaban J connectivity index is 0.00000112. The lowest BCUT2D eigenvalue weighted by Gasteiger charge is -2.22. The van der Waals surface area contributed by atoms with Gasteiger partial charge in [-0.25, -0.2) is 9.97 Å². The fourth-order valence-electron chi connectivity index (χ4n) is 1.60. The molecule has 1 aromatic rings. The van der Waals surface area contributed by atoms with Gasteiger partial charge in [0, 0.05) is 24.2 Å². The fourth-order valence-corrected chi connectivity index (χ4v) is 2.51. The van der Waals surface area contributed by atoms with E-state index in [1.807, 2.05) is 6.07 Å². The van der Waals surface area contributed by atoms with Crippen molar-refractivity contribution in [1.29, 1.82) is 0 Å². The molecule has 1 aromatic heterocycles. The van der Waals surface area contributed by atoms with Crippen LogP contribution >= 0.6 is 24.2 Å². The minimum Gasteiger partial charge on any atom is -0.313 e. The molecule has 0 bridgehead atoms. The highest BCUT2D eigenvalue weighted by Crippen LogP contribution is 2.16. The van der Waals surface area contributed by atoms with Crippen LogP contribution in [0.1, 0.15) is 19.3 Å². The summed E-state index contributed by atoms with van der Waals surface area (Å²) >= 11 is 1.74. The predicted octanol–water partition coefficient (Wildman–Crippen LogP) is 2.13. The molecule has 0 aromatic carbocycles. The second kappa shape index (κ2) is 7.04. The zero-order chi connectivity index (χ0) is 9.64. The summed E-state index contributed by atoms with van der Waals surface area (Å²) in [6, 6.07) is 2.50. The standard InChI is InChI=1S/C10H15N3S.ClH/c1-2-5-11-9(4-1)8-14-10-12-6-3-7-13-10;/h3,6-7,9,11H,1-2,4-5,8H2;1H. The smallest absolute Gasteiger partial charge is 0.187 e. The maximum Gasteiger partial charge on any atom is 0.187 e. The molecule has 1 saturated heterocycles. The van der Waals surface area contributed by atoms with Gasteiger partial charge in [0.25, 0.3) is 0 Å². The first-order valence-electron chi connectivity index (χ1n) is 5.08. The molecule has 84 valence electrons. The molecular weight excluding hydrogens is 230 g/mol. The van der Waals surface area contributed by atoms with E-state index in [1.165, 1.54) is 25.8 Å². The van der Waals surface area contributed by atoms with E-state index in [2.05, 4.69) is 15.3 Å². The van der Waals surface area contributed by atoms with Crippen molar-refractivity contribution in [1.82, 2.24) is 15.3 Å². The van der Waals surface area contributed by atoms with Crippen LogP contribution in [0.4, 0.5) is 0 Å². The molecule has 2 rings (SSSR count). The van der Waals surface area contributed by atoms with E-state index in [0.29, 0.717) is 6.04 Å². The van der Waals surface area contributed by atoms with Gasteiger partial charge in [0.15, 0.2) is 5.16 Å². The summed E-state index contributed by atoms with van der Waals surface area (Å²) in [6.45, 7) is 1.17. The van der Waals surface area contributed by atoms with Gasteiger partial charge < -0.3 is 5.32 Å². The van der Waals surface area contributed by atoms with Crippen LogP contribution < -0.4 is 5.32 Å². The van der Waals surface area contributed by atoms with Gasteiger partial charge in [-0.05, 0) is 25.5 Å². The van der Waals surface area contributed by atoms with Crippen LogP contribution in [0.2, 0.25) is 0 Å².